The molecule has 0 N–H and O–H groups in total. The Morgan fingerprint density at radius 1 is 0.759 bits per heavy atom. The molecule has 0 bridgehead atoms. The normalized spacial score (nSPS) is 11.6. The van der Waals surface area contributed by atoms with Crippen molar-refractivity contribution in [2.24, 2.45) is 0 Å². The van der Waals surface area contributed by atoms with Crippen molar-refractivity contribution < 1.29 is 0 Å². The Balaban J connectivity index is 0.000000253. The second-order valence-electron chi connectivity index (χ2n) is 8.15. The number of allylic oxidation sites excluding steroid dienone is 1. The summed E-state index contributed by atoms with van der Waals surface area (Å²) in [4.78, 5) is 0. The summed E-state index contributed by atoms with van der Waals surface area (Å²) in [5.74, 6) is 0. The van der Waals surface area contributed by atoms with Crippen molar-refractivity contribution >= 4 is 41.5 Å². The zero-order valence-electron chi connectivity index (χ0n) is 18.6. The fourth-order valence-corrected chi connectivity index (χ4v) is 3.68. The molecule has 0 saturated carbocycles. The van der Waals surface area contributed by atoms with Crippen molar-refractivity contribution in [3.8, 4) is 0 Å². The summed E-state index contributed by atoms with van der Waals surface area (Å²) >= 11 is 4.49. The van der Waals surface area contributed by atoms with Gasteiger partial charge in [0, 0.05) is 0 Å². The van der Waals surface area contributed by atoms with Crippen molar-refractivity contribution in [2.45, 2.75) is 43.6 Å². The van der Waals surface area contributed by atoms with Crippen LogP contribution in [0.3, 0.4) is 0 Å². The first-order chi connectivity index (χ1) is 14.1. The zero-order valence-corrected chi connectivity index (χ0v) is 18.6. The molecular weight excluding hydrogens is 338 g/mol. The third-order valence-corrected chi connectivity index (χ3v) is 5.36. The van der Waals surface area contributed by atoms with Gasteiger partial charge in [-0.3, -0.25) is 0 Å². The van der Waals surface area contributed by atoms with E-state index in [1.165, 1.54) is 46.6 Å². The van der Waals surface area contributed by atoms with E-state index in [1.54, 1.807) is 0 Å². The van der Waals surface area contributed by atoms with Gasteiger partial charge in [0.25, 0.3) is 0 Å². The van der Waals surface area contributed by atoms with Crippen LogP contribution in [0.15, 0.2) is 95.2 Å². The Bertz CT molecular complexity index is 796. The van der Waals surface area contributed by atoms with E-state index in [2.05, 4.69) is 140 Å². The SMILES string of the molecule is [Li]/[C](C)=C/c1ccccc1.[Li][C](CCCCC)(c1ccccc1)c1ccccc1. The monoisotopic (exact) mass is 368 g/mol. The molecule has 0 aliphatic heterocycles. The predicted molar refractivity (Wildman–Crippen MR) is 129 cm³/mol. The van der Waals surface area contributed by atoms with Gasteiger partial charge in [0.05, 0.1) is 0 Å². The quantitative estimate of drug-likeness (QED) is 0.314. The van der Waals surface area contributed by atoms with Crippen LogP contribution < -0.4 is 0 Å². The summed E-state index contributed by atoms with van der Waals surface area (Å²) in [7, 11) is 0. The minimum absolute atomic E-state index is 0.137. The molecule has 2 heteroatoms. The Kier molecular flexibility index (Phi) is 10.7. The molecule has 0 fully saturated rings. The molecule has 0 aromatic heterocycles. The predicted octanol–water partition coefficient (Wildman–Crippen LogP) is 6.89. The molecule has 0 aliphatic rings. The first-order valence-corrected chi connectivity index (χ1v) is 10.9. The van der Waals surface area contributed by atoms with Crippen LogP contribution >= 0.6 is 0 Å². The van der Waals surface area contributed by atoms with Gasteiger partial charge in [-0.15, -0.1) is 0 Å². The average molecular weight is 368 g/mol. The fraction of sp³-hybridized carbons (Fsp3) is 0.259. The number of hydrogen-bond donors (Lipinski definition) is 0. The van der Waals surface area contributed by atoms with Crippen LogP contribution in [-0.4, -0.2) is 35.4 Å². The molecular formula is C27H30Li2. The maximum absolute atomic E-state index is 2.38. The molecule has 0 radical (unpaired) electrons. The van der Waals surface area contributed by atoms with E-state index in [4.69, 9.17) is 0 Å². The molecule has 0 saturated heterocycles. The topological polar surface area (TPSA) is 0 Å². The summed E-state index contributed by atoms with van der Waals surface area (Å²) in [5, 5.41) is 0. The van der Waals surface area contributed by atoms with Gasteiger partial charge in [-0.2, -0.15) is 0 Å². The van der Waals surface area contributed by atoms with Gasteiger partial charge >= 0.3 is 197 Å². The molecule has 140 valence electrons. The van der Waals surface area contributed by atoms with E-state index in [9.17, 15) is 0 Å². The van der Waals surface area contributed by atoms with Gasteiger partial charge in [-0.05, 0) is 0 Å². The van der Waals surface area contributed by atoms with Gasteiger partial charge in [-0.1, -0.05) is 0 Å². The van der Waals surface area contributed by atoms with Crippen LogP contribution in [0.25, 0.3) is 6.08 Å². The summed E-state index contributed by atoms with van der Waals surface area (Å²) in [5.41, 5.74) is 4.14. The Labute approximate surface area is 196 Å². The first-order valence-electron chi connectivity index (χ1n) is 10.9. The van der Waals surface area contributed by atoms with E-state index in [0.29, 0.717) is 0 Å². The van der Waals surface area contributed by atoms with Gasteiger partial charge in [-0.25, -0.2) is 0 Å². The molecule has 0 amide bonds. The molecule has 0 unspecified atom stereocenters. The Hall–Kier alpha value is -1.41. The second-order valence-corrected chi connectivity index (χ2v) is 8.15. The third-order valence-electron chi connectivity index (χ3n) is 5.36. The standard InChI is InChI=1S/C18H21.C9H9.2Li/c1-2-3-6-15-18(16-11-7-4-8-12-16)17-13-9-5-10-14-17;1-2-6-9-7-4-3-5-8-9;;/h4-5,7-14H,2-3,6,15H2,1H3;3-8H,1H3;;. The molecule has 29 heavy (non-hydrogen) atoms. The number of hydrogen-bond acceptors (Lipinski definition) is 0. The molecule has 0 nitrogen and oxygen atoms in total. The van der Waals surface area contributed by atoms with Crippen LogP contribution in [0.5, 0.6) is 0 Å². The fourth-order valence-electron chi connectivity index (χ4n) is 3.68. The van der Waals surface area contributed by atoms with Crippen molar-refractivity contribution in [3.05, 3.63) is 112 Å². The van der Waals surface area contributed by atoms with Crippen molar-refractivity contribution in [1.29, 1.82) is 0 Å². The van der Waals surface area contributed by atoms with E-state index < -0.39 is 0 Å². The number of unbranched alkanes of at least 4 members (excludes halogenated alkanes) is 2. The van der Waals surface area contributed by atoms with Gasteiger partial charge in [0.1, 0.15) is 0 Å². The van der Waals surface area contributed by atoms with Crippen LogP contribution in [0.2, 0.25) is 0 Å². The number of rotatable bonds is 7. The van der Waals surface area contributed by atoms with Crippen molar-refractivity contribution in [3.63, 3.8) is 0 Å². The summed E-state index contributed by atoms with van der Waals surface area (Å²) in [6.07, 6.45) is 7.26. The van der Waals surface area contributed by atoms with Crippen LogP contribution in [0.4, 0.5) is 0 Å². The number of benzene rings is 3. The molecule has 0 heterocycles. The van der Waals surface area contributed by atoms with E-state index in [0.717, 1.165) is 0 Å². The first kappa shape index (κ1) is 23.9. The molecule has 0 spiro atoms. The van der Waals surface area contributed by atoms with E-state index >= 15 is 0 Å². The molecule has 3 aromatic rings. The summed E-state index contributed by atoms with van der Waals surface area (Å²) in [6.45, 7) is 4.37. The van der Waals surface area contributed by atoms with Gasteiger partial charge in [0.15, 0.2) is 0 Å². The van der Waals surface area contributed by atoms with Crippen LogP contribution in [0.1, 0.15) is 56.2 Å². The Morgan fingerprint density at radius 3 is 1.62 bits per heavy atom. The van der Waals surface area contributed by atoms with Gasteiger partial charge < -0.3 is 0 Å². The molecule has 0 aliphatic carbocycles. The average Bonchev–Trinajstić information content (AvgIpc) is 2.76. The molecule has 3 aromatic carbocycles. The third kappa shape index (κ3) is 8.09. The van der Waals surface area contributed by atoms with E-state index in [1.807, 2.05) is 6.07 Å². The Morgan fingerprint density at radius 2 is 1.21 bits per heavy atom. The van der Waals surface area contributed by atoms with Crippen LogP contribution in [-0.2, 0) is 4.09 Å². The molecule has 3 rings (SSSR count). The summed E-state index contributed by atoms with van der Waals surface area (Å²) in [6, 6.07) is 32.2. The zero-order chi connectivity index (χ0) is 21.0. The molecule has 0 atom stereocenters. The van der Waals surface area contributed by atoms with Crippen molar-refractivity contribution in [1.82, 2.24) is 0 Å². The maximum atomic E-state index is 2.38. The van der Waals surface area contributed by atoms with E-state index in [-0.39, 0.29) is 4.09 Å². The minimum atomic E-state index is 0.137. The van der Waals surface area contributed by atoms with Gasteiger partial charge in [0.2, 0.25) is 0 Å². The second kappa shape index (κ2) is 13.0. The summed E-state index contributed by atoms with van der Waals surface area (Å²) < 4.78 is 1.48. The van der Waals surface area contributed by atoms with Crippen LogP contribution in [0, 0.1) is 0 Å². The van der Waals surface area contributed by atoms with Crippen molar-refractivity contribution in [2.75, 3.05) is 0 Å².